The molecule has 2 aromatic heterocycles. The molecular formula is C11H14N4O. The van der Waals surface area contributed by atoms with Gasteiger partial charge in [0.25, 0.3) is 0 Å². The van der Waals surface area contributed by atoms with E-state index in [0.717, 1.165) is 29.8 Å². The van der Waals surface area contributed by atoms with E-state index in [1.165, 1.54) is 0 Å². The summed E-state index contributed by atoms with van der Waals surface area (Å²) in [5.41, 5.74) is 2.33. The zero-order valence-electron chi connectivity index (χ0n) is 9.40. The number of aromatic nitrogens is 4. The molecule has 16 heavy (non-hydrogen) atoms. The second-order valence-electron chi connectivity index (χ2n) is 3.74. The van der Waals surface area contributed by atoms with Crippen molar-refractivity contribution >= 4 is 0 Å². The minimum absolute atomic E-state index is 0.330. The normalized spacial score (nSPS) is 10.6. The summed E-state index contributed by atoms with van der Waals surface area (Å²) in [4.78, 5) is 17.6. The summed E-state index contributed by atoms with van der Waals surface area (Å²) >= 11 is 0. The number of aromatic amines is 1. The standard InChI is InChI=1S/C11H14N4O/c1-3-4-15-7-9(6-13-15)10-8(2)5-12-11(16)14-10/h5-7H,3-4H2,1-2H3,(H,12,14,16). The van der Waals surface area contributed by atoms with Crippen molar-refractivity contribution < 1.29 is 0 Å². The van der Waals surface area contributed by atoms with Crippen LogP contribution in [0.4, 0.5) is 0 Å². The fourth-order valence-corrected chi connectivity index (χ4v) is 1.60. The molecule has 2 aromatic rings. The molecule has 0 saturated carbocycles. The Labute approximate surface area is 93.2 Å². The SMILES string of the molecule is CCCn1cc(-c2[nH]c(=O)ncc2C)cn1. The van der Waals surface area contributed by atoms with Gasteiger partial charge in [-0.2, -0.15) is 5.10 Å². The van der Waals surface area contributed by atoms with E-state index in [4.69, 9.17) is 0 Å². The molecule has 0 saturated heterocycles. The molecule has 0 aliphatic carbocycles. The first-order valence-electron chi connectivity index (χ1n) is 5.29. The van der Waals surface area contributed by atoms with Crippen LogP contribution in [0.5, 0.6) is 0 Å². The van der Waals surface area contributed by atoms with Crippen LogP contribution in [-0.2, 0) is 6.54 Å². The highest BCUT2D eigenvalue weighted by molar-refractivity contribution is 5.60. The molecule has 2 heterocycles. The van der Waals surface area contributed by atoms with Crippen molar-refractivity contribution in [2.75, 3.05) is 0 Å². The summed E-state index contributed by atoms with van der Waals surface area (Å²) in [6.07, 6.45) is 6.30. The minimum atomic E-state index is -0.330. The van der Waals surface area contributed by atoms with Gasteiger partial charge in [-0.3, -0.25) is 4.68 Å². The maximum Gasteiger partial charge on any atom is 0.345 e. The largest absolute Gasteiger partial charge is 0.345 e. The Bertz CT molecular complexity index is 541. The molecule has 1 N–H and O–H groups in total. The fraction of sp³-hybridized carbons (Fsp3) is 0.364. The summed E-state index contributed by atoms with van der Waals surface area (Å²) in [5.74, 6) is 0. The molecule has 0 atom stereocenters. The van der Waals surface area contributed by atoms with E-state index in [1.807, 2.05) is 17.8 Å². The van der Waals surface area contributed by atoms with Gasteiger partial charge in [-0.15, -0.1) is 0 Å². The predicted molar refractivity (Wildman–Crippen MR) is 61.1 cm³/mol. The first-order valence-corrected chi connectivity index (χ1v) is 5.29. The van der Waals surface area contributed by atoms with Crippen LogP contribution in [0.25, 0.3) is 11.3 Å². The van der Waals surface area contributed by atoms with E-state index in [9.17, 15) is 4.79 Å². The average Bonchev–Trinajstić information content (AvgIpc) is 2.71. The zero-order valence-corrected chi connectivity index (χ0v) is 9.40. The molecule has 5 nitrogen and oxygen atoms in total. The lowest BCUT2D eigenvalue weighted by Crippen LogP contribution is -2.11. The number of nitrogens with one attached hydrogen (secondary N) is 1. The van der Waals surface area contributed by atoms with Crippen LogP contribution in [-0.4, -0.2) is 19.7 Å². The van der Waals surface area contributed by atoms with Crippen molar-refractivity contribution in [2.24, 2.45) is 0 Å². The van der Waals surface area contributed by atoms with Crippen molar-refractivity contribution in [3.05, 3.63) is 34.6 Å². The number of hydrogen-bond acceptors (Lipinski definition) is 3. The predicted octanol–water partition coefficient (Wildman–Crippen LogP) is 1.35. The van der Waals surface area contributed by atoms with Gasteiger partial charge in [-0.25, -0.2) is 9.78 Å². The first kappa shape index (κ1) is 10.6. The van der Waals surface area contributed by atoms with E-state index in [1.54, 1.807) is 12.4 Å². The smallest absolute Gasteiger partial charge is 0.305 e. The van der Waals surface area contributed by atoms with Crippen LogP contribution in [0.2, 0.25) is 0 Å². The molecule has 2 rings (SSSR count). The van der Waals surface area contributed by atoms with Crippen molar-refractivity contribution in [1.82, 2.24) is 19.7 Å². The van der Waals surface area contributed by atoms with Gasteiger partial charge in [0, 0.05) is 24.5 Å². The molecule has 5 heteroatoms. The maximum absolute atomic E-state index is 11.2. The number of aryl methyl sites for hydroxylation is 2. The van der Waals surface area contributed by atoms with Crippen molar-refractivity contribution in [3.63, 3.8) is 0 Å². The lowest BCUT2D eigenvalue weighted by atomic mass is 10.2. The highest BCUT2D eigenvalue weighted by atomic mass is 16.1. The quantitative estimate of drug-likeness (QED) is 0.845. The van der Waals surface area contributed by atoms with Gasteiger partial charge < -0.3 is 4.98 Å². The van der Waals surface area contributed by atoms with Crippen molar-refractivity contribution in [1.29, 1.82) is 0 Å². The lowest BCUT2D eigenvalue weighted by molar-refractivity contribution is 0.603. The fourth-order valence-electron chi connectivity index (χ4n) is 1.60. The number of H-pyrrole nitrogens is 1. The molecule has 84 valence electrons. The highest BCUT2D eigenvalue weighted by Crippen LogP contribution is 2.17. The first-order chi connectivity index (χ1) is 7.70. The Balaban J connectivity index is 2.42. The van der Waals surface area contributed by atoms with E-state index >= 15 is 0 Å². The molecule has 0 spiro atoms. The van der Waals surface area contributed by atoms with Crippen LogP contribution in [0.15, 0.2) is 23.4 Å². The molecule has 0 amide bonds. The summed E-state index contributed by atoms with van der Waals surface area (Å²) in [5, 5.41) is 4.23. The Morgan fingerprint density at radius 2 is 2.25 bits per heavy atom. The number of rotatable bonds is 3. The van der Waals surface area contributed by atoms with Gasteiger partial charge in [0.2, 0.25) is 0 Å². The Morgan fingerprint density at radius 3 is 3.00 bits per heavy atom. The Hall–Kier alpha value is -1.91. The van der Waals surface area contributed by atoms with E-state index in [0.29, 0.717) is 0 Å². The summed E-state index contributed by atoms with van der Waals surface area (Å²) < 4.78 is 1.87. The van der Waals surface area contributed by atoms with Crippen LogP contribution >= 0.6 is 0 Å². The second-order valence-corrected chi connectivity index (χ2v) is 3.74. The zero-order chi connectivity index (χ0) is 11.5. The third kappa shape index (κ3) is 2.03. The van der Waals surface area contributed by atoms with Gasteiger partial charge in [-0.1, -0.05) is 6.92 Å². The monoisotopic (exact) mass is 218 g/mol. The van der Waals surface area contributed by atoms with Gasteiger partial charge in [-0.05, 0) is 18.9 Å². The van der Waals surface area contributed by atoms with Gasteiger partial charge in [0.05, 0.1) is 11.9 Å². The molecule has 0 unspecified atom stereocenters. The van der Waals surface area contributed by atoms with Crippen molar-refractivity contribution in [3.8, 4) is 11.3 Å². The van der Waals surface area contributed by atoms with Crippen LogP contribution in [0.1, 0.15) is 18.9 Å². The Kier molecular flexibility index (Phi) is 2.85. The third-order valence-electron chi connectivity index (χ3n) is 2.38. The van der Waals surface area contributed by atoms with Gasteiger partial charge in [0.15, 0.2) is 0 Å². The van der Waals surface area contributed by atoms with Crippen LogP contribution in [0, 0.1) is 6.92 Å². The molecule has 0 radical (unpaired) electrons. The van der Waals surface area contributed by atoms with Crippen LogP contribution in [0.3, 0.4) is 0 Å². The topological polar surface area (TPSA) is 63.6 Å². The highest BCUT2D eigenvalue weighted by Gasteiger charge is 2.05. The van der Waals surface area contributed by atoms with Crippen LogP contribution < -0.4 is 5.69 Å². The summed E-state index contributed by atoms with van der Waals surface area (Å²) in [7, 11) is 0. The lowest BCUT2D eigenvalue weighted by Gasteiger charge is -2.00. The number of nitrogens with zero attached hydrogens (tertiary/aromatic N) is 3. The summed E-state index contributed by atoms with van der Waals surface area (Å²) in [6.45, 7) is 4.89. The maximum atomic E-state index is 11.2. The minimum Gasteiger partial charge on any atom is -0.305 e. The van der Waals surface area contributed by atoms with Gasteiger partial charge in [0.1, 0.15) is 0 Å². The van der Waals surface area contributed by atoms with E-state index < -0.39 is 0 Å². The van der Waals surface area contributed by atoms with E-state index in [2.05, 4.69) is 22.0 Å². The van der Waals surface area contributed by atoms with Gasteiger partial charge >= 0.3 is 5.69 Å². The molecule has 0 bridgehead atoms. The average molecular weight is 218 g/mol. The molecule has 0 aromatic carbocycles. The molecule has 0 aliphatic rings. The molecular weight excluding hydrogens is 204 g/mol. The molecule has 0 fully saturated rings. The Morgan fingerprint density at radius 1 is 1.44 bits per heavy atom. The molecule has 0 aliphatic heterocycles. The summed E-state index contributed by atoms with van der Waals surface area (Å²) in [6, 6.07) is 0. The third-order valence-corrected chi connectivity index (χ3v) is 2.38. The second kappa shape index (κ2) is 4.30. The van der Waals surface area contributed by atoms with Crippen molar-refractivity contribution in [2.45, 2.75) is 26.8 Å². The number of hydrogen-bond donors (Lipinski definition) is 1. The van der Waals surface area contributed by atoms with E-state index in [-0.39, 0.29) is 5.69 Å².